The molecule has 0 atom stereocenters. The molecular weight excluding hydrogens is 338 g/mol. The Morgan fingerprint density at radius 2 is 1.64 bits per heavy atom. The summed E-state index contributed by atoms with van der Waals surface area (Å²) in [5.74, 6) is 0.110. The van der Waals surface area contributed by atoms with Crippen molar-refractivity contribution in [3.05, 3.63) is 76.3 Å². The standard InChI is InChI=1S/C20H14ClNO3/c1-25-18-4-2-3-13-9-16-17(10-15(13)18)20(24)22(19(16)23)11-12-5-7-14(21)8-6-12/h2-10H,11H2,1H3. The lowest BCUT2D eigenvalue weighted by atomic mass is 10.0. The van der Waals surface area contributed by atoms with Gasteiger partial charge >= 0.3 is 0 Å². The van der Waals surface area contributed by atoms with Gasteiger partial charge in [0.25, 0.3) is 11.8 Å². The van der Waals surface area contributed by atoms with Gasteiger partial charge in [0.05, 0.1) is 24.8 Å². The van der Waals surface area contributed by atoms with Crippen molar-refractivity contribution >= 4 is 34.2 Å². The first-order valence-electron chi connectivity index (χ1n) is 7.80. The van der Waals surface area contributed by atoms with E-state index in [4.69, 9.17) is 16.3 Å². The van der Waals surface area contributed by atoms with Crippen LogP contribution in [0.25, 0.3) is 10.8 Å². The van der Waals surface area contributed by atoms with Gasteiger partial charge in [0, 0.05) is 10.4 Å². The summed E-state index contributed by atoms with van der Waals surface area (Å²) in [7, 11) is 1.59. The number of hydrogen-bond donors (Lipinski definition) is 0. The first-order valence-corrected chi connectivity index (χ1v) is 8.17. The third-order valence-corrected chi connectivity index (χ3v) is 4.66. The van der Waals surface area contributed by atoms with Crippen molar-refractivity contribution in [1.82, 2.24) is 4.90 Å². The predicted molar refractivity (Wildman–Crippen MR) is 96.2 cm³/mol. The van der Waals surface area contributed by atoms with E-state index in [1.54, 1.807) is 31.4 Å². The molecule has 0 spiro atoms. The number of rotatable bonds is 3. The van der Waals surface area contributed by atoms with E-state index in [1.165, 1.54) is 4.90 Å². The molecule has 0 radical (unpaired) electrons. The van der Waals surface area contributed by atoms with E-state index in [9.17, 15) is 9.59 Å². The zero-order chi connectivity index (χ0) is 17.6. The monoisotopic (exact) mass is 351 g/mol. The van der Waals surface area contributed by atoms with E-state index < -0.39 is 0 Å². The smallest absolute Gasteiger partial charge is 0.261 e. The Hall–Kier alpha value is -2.85. The molecule has 4 rings (SSSR count). The number of benzene rings is 3. The van der Waals surface area contributed by atoms with E-state index in [2.05, 4.69) is 0 Å². The minimum absolute atomic E-state index is 0.219. The fourth-order valence-electron chi connectivity index (χ4n) is 3.13. The van der Waals surface area contributed by atoms with Crippen LogP contribution in [0.3, 0.4) is 0 Å². The number of halogens is 1. The average Bonchev–Trinajstić information content (AvgIpc) is 2.86. The molecule has 0 aliphatic carbocycles. The summed E-state index contributed by atoms with van der Waals surface area (Å²) in [5, 5.41) is 2.30. The van der Waals surface area contributed by atoms with E-state index in [0.717, 1.165) is 16.3 Å². The first kappa shape index (κ1) is 15.7. The fourth-order valence-corrected chi connectivity index (χ4v) is 3.25. The number of methoxy groups -OCH3 is 1. The number of hydrogen-bond acceptors (Lipinski definition) is 3. The van der Waals surface area contributed by atoms with Crippen LogP contribution in [0.2, 0.25) is 5.02 Å². The Kier molecular flexibility index (Phi) is 3.70. The largest absolute Gasteiger partial charge is 0.496 e. The zero-order valence-corrected chi connectivity index (χ0v) is 14.2. The van der Waals surface area contributed by atoms with Gasteiger partial charge in [-0.25, -0.2) is 0 Å². The number of fused-ring (bicyclic) bond motifs is 2. The molecule has 0 saturated carbocycles. The highest BCUT2D eigenvalue weighted by atomic mass is 35.5. The second-order valence-corrected chi connectivity index (χ2v) is 6.34. The molecule has 0 saturated heterocycles. The summed E-state index contributed by atoms with van der Waals surface area (Å²) in [6.07, 6.45) is 0. The molecule has 3 aromatic rings. The lowest BCUT2D eigenvalue weighted by molar-refractivity contribution is 0.0642. The third kappa shape index (κ3) is 2.55. The predicted octanol–water partition coefficient (Wildman–Crippen LogP) is 4.30. The lowest BCUT2D eigenvalue weighted by Gasteiger charge is -2.13. The quantitative estimate of drug-likeness (QED) is 0.661. The van der Waals surface area contributed by atoms with Gasteiger partial charge in [-0.1, -0.05) is 35.9 Å². The lowest BCUT2D eigenvalue weighted by Crippen LogP contribution is -2.29. The van der Waals surface area contributed by atoms with E-state index in [1.807, 2.05) is 30.3 Å². The van der Waals surface area contributed by atoms with Crippen LogP contribution in [0, 0.1) is 0 Å². The Balaban J connectivity index is 1.76. The summed E-state index contributed by atoms with van der Waals surface area (Å²) in [6.45, 7) is 0.219. The van der Waals surface area contributed by atoms with Crippen LogP contribution in [-0.2, 0) is 6.54 Å². The van der Waals surface area contributed by atoms with Gasteiger partial charge in [-0.05, 0) is 41.3 Å². The first-order chi connectivity index (χ1) is 12.1. The van der Waals surface area contributed by atoms with Crippen LogP contribution in [0.4, 0.5) is 0 Å². The molecule has 3 aromatic carbocycles. The molecule has 1 heterocycles. The van der Waals surface area contributed by atoms with Gasteiger partial charge in [0.15, 0.2) is 0 Å². The Morgan fingerprint density at radius 1 is 0.960 bits per heavy atom. The molecule has 1 aliphatic heterocycles. The number of amides is 2. The second-order valence-electron chi connectivity index (χ2n) is 5.90. The molecular formula is C20H14ClNO3. The van der Waals surface area contributed by atoms with Gasteiger partial charge in [0.2, 0.25) is 0 Å². The molecule has 0 fully saturated rings. The minimum atomic E-state index is -0.289. The van der Waals surface area contributed by atoms with Crippen LogP contribution in [0.15, 0.2) is 54.6 Å². The van der Waals surface area contributed by atoms with Gasteiger partial charge in [-0.3, -0.25) is 14.5 Å². The molecule has 25 heavy (non-hydrogen) atoms. The maximum Gasteiger partial charge on any atom is 0.261 e. The number of carbonyl (C=O) groups is 2. The zero-order valence-electron chi connectivity index (χ0n) is 13.5. The fraction of sp³-hybridized carbons (Fsp3) is 0.100. The van der Waals surface area contributed by atoms with Crippen LogP contribution >= 0.6 is 11.6 Å². The van der Waals surface area contributed by atoms with Crippen molar-refractivity contribution in [1.29, 1.82) is 0 Å². The number of imide groups is 1. The van der Waals surface area contributed by atoms with E-state index in [-0.39, 0.29) is 18.4 Å². The van der Waals surface area contributed by atoms with Crippen LogP contribution in [0.5, 0.6) is 5.75 Å². The van der Waals surface area contributed by atoms with Crippen molar-refractivity contribution in [3.63, 3.8) is 0 Å². The van der Waals surface area contributed by atoms with Crippen LogP contribution in [0.1, 0.15) is 26.3 Å². The Labute approximate surface area is 149 Å². The van der Waals surface area contributed by atoms with E-state index in [0.29, 0.717) is 21.9 Å². The van der Waals surface area contributed by atoms with Crippen LogP contribution < -0.4 is 4.74 Å². The van der Waals surface area contributed by atoms with Crippen molar-refractivity contribution in [3.8, 4) is 5.75 Å². The molecule has 4 nitrogen and oxygen atoms in total. The molecule has 0 N–H and O–H groups in total. The minimum Gasteiger partial charge on any atom is -0.496 e. The highest BCUT2D eigenvalue weighted by molar-refractivity contribution is 6.30. The number of carbonyl (C=O) groups excluding carboxylic acids is 2. The summed E-state index contributed by atoms with van der Waals surface area (Å²) in [5.41, 5.74) is 1.69. The van der Waals surface area contributed by atoms with E-state index >= 15 is 0 Å². The molecule has 0 aromatic heterocycles. The van der Waals surface area contributed by atoms with Gasteiger partial charge < -0.3 is 4.74 Å². The second kappa shape index (κ2) is 5.90. The van der Waals surface area contributed by atoms with Crippen molar-refractivity contribution < 1.29 is 14.3 Å². The normalized spacial score (nSPS) is 13.4. The van der Waals surface area contributed by atoms with Gasteiger partial charge in [0.1, 0.15) is 5.75 Å². The molecule has 1 aliphatic rings. The van der Waals surface area contributed by atoms with Crippen molar-refractivity contribution in [2.45, 2.75) is 6.54 Å². The summed E-state index contributed by atoms with van der Waals surface area (Å²) in [6, 6.07) is 16.2. The molecule has 0 unspecified atom stereocenters. The summed E-state index contributed by atoms with van der Waals surface area (Å²) >= 11 is 5.89. The van der Waals surface area contributed by atoms with Crippen LogP contribution in [-0.4, -0.2) is 23.8 Å². The number of ether oxygens (including phenoxy) is 1. The topological polar surface area (TPSA) is 46.6 Å². The summed E-state index contributed by atoms with van der Waals surface area (Å²) in [4.78, 5) is 26.7. The number of nitrogens with zero attached hydrogens (tertiary/aromatic N) is 1. The Bertz CT molecular complexity index is 1010. The molecule has 124 valence electrons. The highest BCUT2D eigenvalue weighted by Gasteiger charge is 2.36. The van der Waals surface area contributed by atoms with Crippen molar-refractivity contribution in [2.24, 2.45) is 0 Å². The average molecular weight is 352 g/mol. The molecule has 0 bridgehead atoms. The van der Waals surface area contributed by atoms with Crippen molar-refractivity contribution in [2.75, 3.05) is 7.11 Å². The maximum atomic E-state index is 12.8. The molecule has 2 amide bonds. The third-order valence-electron chi connectivity index (χ3n) is 4.40. The summed E-state index contributed by atoms with van der Waals surface area (Å²) < 4.78 is 5.36. The highest BCUT2D eigenvalue weighted by Crippen LogP contribution is 2.33. The SMILES string of the molecule is COc1cccc2cc3c(cc12)C(=O)N(Cc1ccc(Cl)cc1)C3=O. The molecule has 5 heteroatoms. The Morgan fingerprint density at radius 3 is 2.32 bits per heavy atom. The maximum absolute atomic E-state index is 12.8. The van der Waals surface area contributed by atoms with Gasteiger partial charge in [-0.15, -0.1) is 0 Å². The van der Waals surface area contributed by atoms with Gasteiger partial charge in [-0.2, -0.15) is 0 Å².